The van der Waals surface area contributed by atoms with E-state index in [1.807, 2.05) is 146 Å². The number of fused-ring (bicyclic) bond motifs is 3. The van der Waals surface area contributed by atoms with Crippen LogP contribution >= 0.6 is 0 Å². The highest BCUT2D eigenvalue weighted by molar-refractivity contribution is 5.96. The molecule has 3 atom stereocenters. The van der Waals surface area contributed by atoms with Crippen LogP contribution in [0.4, 0.5) is 4.79 Å². The van der Waals surface area contributed by atoms with Gasteiger partial charge in [-0.15, -0.1) is 0 Å². The molecule has 66 heavy (non-hydrogen) atoms. The minimum Gasteiger partial charge on any atom is -0.467 e. The monoisotopic (exact) mass is 884 g/mol. The maximum absolute atomic E-state index is 14.7. The first-order valence-corrected chi connectivity index (χ1v) is 21.9. The van der Waals surface area contributed by atoms with Crippen molar-refractivity contribution in [3.63, 3.8) is 0 Å². The molecule has 4 N–H and O–H groups in total. The van der Waals surface area contributed by atoms with E-state index in [9.17, 15) is 28.8 Å². The third kappa shape index (κ3) is 10.9. The maximum Gasteiger partial charge on any atom is 0.407 e. The summed E-state index contributed by atoms with van der Waals surface area (Å²) in [5, 5.41) is 11.2. The van der Waals surface area contributed by atoms with Crippen LogP contribution in [0.25, 0.3) is 11.1 Å². The number of esters is 1. The molecule has 6 aromatic carbocycles. The third-order valence-corrected chi connectivity index (χ3v) is 11.8. The molecule has 0 unspecified atom stereocenters. The molecule has 1 aliphatic rings. The molecule has 0 aromatic heterocycles. The zero-order valence-electron chi connectivity index (χ0n) is 36.8. The second kappa shape index (κ2) is 21.7. The van der Waals surface area contributed by atoms with E-state index < -0.39 is 65.7 Å². The quantitative estimate of drug-likeness (QED) is 0.0492. The van der Waals surface area contributed by atoms with Crippen LogP contribution in [-0.2, 0) is 45.4 Å². The molecule has 4 amide bonds. The summed E-state index contributed by atoms with van der Waals surface area (Å²) >= 11 is 0. The zero-order valence-corrected chi connectivity index (χ0v) is 36.8. The number of carbonyl (C=O) groups is 6. The van der Waals surface area contributed by atoms with E-state index in [1.165, 1.54) is 14.0 Å². The second-order valence-electron chi connectivity index (χ2n) is 16.2. The fraction of sp³-hybridized carbons (Fsp3) is 0.222. The maximum atomic E-state index is 14.7. The summed E-state index contributed by atoms with van der Waals surface area (Å²) in [4.78, 5) is 82.0. The highest BCUT2D eigenvalue weighted by Gasteiger charge is 2.39. The first-order valence-electron chi connectivity index (χ1n) is 21.9. The fourth-order valence-electron chi connectivity index (χ4n) is 8.55. The summed E-state index contributed by atoms with van der Waals surface area (Å²) in [6, 6.07) is 49.6. The van der Waals surface area contributed by atoms with Gasteiger partial charge in [0.2, 0.25) is 17.7 Å². The van der Waals surface area contributed by atoms with Crippen LogP contribution in [0.1, 0.15) is 65.5 Å². The van der Waals surface area contributed by atoms with Crippen molar-refractivity contribution in [2.45, 2.75) is 62.2 Å². The Bertz CT molecular complexity index is 2500. The molecule has 0 fully saturated rings. The highest BCUT2D eigenvalue weighted by atomic mass is 16.5. The third-order valence-electron chi connectivity index (χ3n) is 11.8. The Labute approximate surface area is 384 Å². The molecular weight excluding hydrogens is 833 g/mol. The number of Topliss-reactive ketones (excluding diaryl/α,β-unsaturated/α-hetero) is 1. The molecule has 12 nitrogen and oxygen atoms in total. The summed E-state index contributed by atoms with van der Waals surface area (Å²) in [5.74, 6) is -3.36. The van der Waals surface area contributed by atoms with Crippen molar-refractivity contribution >= 4 is 35.6 Å². The van der Waals surface area contributed by atoms with Crippen LogP contribution in [0, 0.1) is 0 Å². The van der Waals surface area contributed by atoms with Gasteiger partial charge in [0.15, 0.2) is 5.78 Å². The Hall–Kier alpha value is -7.86. The predicted octanol–water partition coefficient (Wildman–Crippen LogP) is 7.15. The normalized spacial score (nSPS) is 13.1. The molecule has 1 aliphatic carbocycles. The number of nitrogens with one attached hydrogen (secondary N) is 4. The molecule has 0 radical (unpaired) electrons. The second-order valence-corrected chi connectivity index (χ2v) is 16.2. The summed E-state index contributed by atoms with van der Waals surface area (Å²) < 4.78 is 10.6. The first-order chi connectivity index (χ1) is 32.1. The van der Waals surface area contributed by atoms with Crippen molar-refractivity contribution in [2.75, 3.05) is 13.7 Å². The average Bonchev–Trinajstić information content (AvgIpc) is 3.67. The van der Waals surface area contributed by atoms with Crippen LogP contribution in [-0.4, -0.2) is 67.4 Å². The molecular formula is C54H52N4O8. The number of ether oxygens (including phenoxy) is 2. The minimum absolute atomic E-state index is 0.0502. The predicted molar refractivity (Wildman–Crippen MR) is 250 cm³/mol. The standard InChI is InChI=1S/C54H52N4O8/c1-36(52(63)65-2)55-49(60)32-31-48(59)46(33-37-19-7-3-8-20-37)56-51(62)47(57-53(64)66-35-45-43-29-17-15-27-41(43)42-28-16-18-30-44(42)45)34-50(61)58-54(38-21-9-4-10-22-38,39-23-11-5-12-24-39)40-25-13-6-14-26-40/h3-30,36,45-47H,31-35H2,1-2H3,(H,55,60)(H,56,62)(H,57,64)(H,58,61)/t36-,46-,47-/m0/s1. The number of alkyl carbamates (subject to hydrolysis) is 1. The smallest absolute Gasteiger partial charge is 0.407 e. The van der Waals surface area contributed by atoms with Gasteiger partial charge in [-0.1, -0.05) is 170 Å². The summed E-state index contributed by atoms with van der Waals surface area (Å²) in [7, 11) is 1.21. The van der Waals surface area contributed by atoms with Crippen LogP contribution in [0.3, 0.4) is 0 Å². The molecule has 12 heteroatoms. The van der Waals surface area contributed by atoms with Crippen molar-refractivity contribution in [3.05, 3.63) is 203 Å². The molecule has 7 rings (SSSR count). The highest BCUT2D eigenvalue weighted by Crippen LogP contribution is 2.44. The van der Waals surface area contributed by atoms with Gasteiger partial charge in [-0.2, -0.15) is 0 Å². The van der Waals surface area contributed by atoms with Crippen molar-refractivity contribution < 1.29 is 38.2 Å². The lowest BCUT2D eigenvalue weighted by atomic mass is 9.77. The minimum atomic E-state index is -1.53. The van der Waals surface area contributed by atoms with Gasteiger partial charge in [-0.05, 0) is 57.9 Å². The lowest BCUT2D eigenvalue weighted by Gasteiger charge is -2.37. The number of carbonyl (C=O) groups excluding carboxylic acids is 6. The molecule has 0 aliphatic heterocycles. The van der Waals surface area contributed by atoms with E-state index in [0.29, 0.717) is 0 Å². The van der Waals surface area contributed by atoms with E-state index in [-0.39, 0.29) is 31.8 Å². The number of hydrogen-bond acceptors (Lipinski definition) is 8. The van der Waals surface area contributed by atoms with E-state index in [2.05, 4.69) is 21.3 Å². The zero-order chi connectivity index (χ0) is 46.5. The van der Waals surface area contributed by atoms with E-state index >= 15 is 0 Å². The van der Waals surface area contributed by atoms with E-state index in [1.54, 1.807) is 24.3 Å². The number of ketones is 1. The van der Waals surface area contributed by atoms with Gasteiger partial charge in [-0.3, -0.25) is 19.2 Å². The summed E-state index contributed by atoms with van der Waals surface area (Å²) in [5.41, 5.74) is 5.81. The largest absolute Gasteiger partial charge is 0.467 e. The Morgan fingerprint density at radius 1 is 0.561 bits per heavy atom. The molecule has 0 bridgehead atoms. The van der Waals surface area contributed by atoms with Gasteiger partial charge in [0.05, 0.1) is 19.6 Å². The van der Waals surface area contributed by atoms with Gasteiger partial charge < -0.3 is 30.7 Å². The van der Waals surface area contributed by atoms with Gasteiger partial charge in [0, 0.05) is 18.8 Å². The average molecular weight is 885 g/mol. The molecule has 0 saturated heterocycles. The molecule has 0 saturated carbocycles. The van der Waals surface area contributed by atoms with Gasteiger partial charge >= 0.3 is 12.1 Å². The van der Waals surface area contributed by atoms with Crippen molar-refractivity contribution in [1.82, 2.24) is 21.3 Å². The van der Waals surface area contributed by atoms with Crippen molar-refractivity contribution in [3.8, 4) is 11.1 Å². The Morgan fingerprint density at radius 3 is 1.56 bits per heavy atom. The van der Waals surface area contributed by atoms with Crippen LogP contribution in [0.5, 0.6) is 0 Å². The molecule has 0 spiro atoms. The molecule has 0 heterocycles. The fourth-order valence-corrected chi connectivity index (χ4v) is 8.55. The SMILES string of the molecule is COC(=O)[C@H](C)NC(=O)CCC(=O)[C@H](Cc1ccccc1)NC(=O)[C@H](CC(=O)NC(c1ccccc1)(c1ccccc1)c1ccccc1)NC(=O)OCC1c2ccccc2-c2ccccc21. The number of hydrogen-bond donors (Lipinski definition) is 4. The topological polar surface area (TPSA) is 169 Å². The Balaban J connectivity index is 1.17. The van der Waals surface area contributed by atoms with Gasteiger partial charge in [-0.25, -0.2) is 9.59 Å². The summed E-state index contributed by atoms with van der Waals surface area (Å²) in [6.45, 7) is 1.42. The van der Waals surface area contributed by atoms with Crippen LogP contribution in [0.15, 0.2) is 170 Å². The van der Waals surface area contributed by atoms with Crippen LogP contribution < -0.4 is 21.3 Å². The molecule has 6 aromatic rings. The number of rotatable bonds is 19. The lowest BCUT2D eigenvalue weighted by molar-refractivity contribution is -0.144. The molecule has 336 valence electrons. The lowest BCUT2D eigenvalue weighted by Crippen LogP contribution is -2.55. The number of amides is 4. The van der Waals surface area contributed by atoms with Crippen molar-refractivity contribution in [1.29, 1.82) is 0 Å². The van der Waals surface area contributed by atoms with Gasteiger partial charge in [0.1, 0.15) is 24.2 Å². The van der Waals surface area contributed by atoms with E-state index in [4.69, 9.17) is 9.47 Å². The number of methoxy groups -OCH3 is 1. The van der Waals surface area contributed by atoms with Gasteiger partial charge in [0.25, 0.3) is 0 Å². The van der Waals surface area contributed by atoms with E-state index in [0.717, 1.165) is 44.5 Å². The Morgan fingerprint density at radius 2 is 1.05 bits per heavy atom. The Kier molecular flexibility index (Phi) is 15.2. The van der Waals surface area contributed by atoms with Crippen LogP contribution in [0.2, 0.25) is 0 Å². The van der Waals surface area contributed by atoms with Crippen molar-refractivity contribution in [2.24, 2.45) is 0 Å². The number of benzene rings is 6. The first kappa shape index (κ1) is 46.1. The summed E-state index contributed by atoms with van der Waals surface area (Å²) in [6.07, 6.45) is -1.99.